The highest BCUT2D eigenvalue weighted by Gasteiger charge is 2.12. The maximum Gasteiger partial charge on any atom is 0.336 e. The first-order valence-corrected chi connectivity index (χ1v) is 6.74. The molecule has 2 rings (SSSR count). The monoisotopic (exact) mass is 269 g/mol. The molecule has 0 aliphatic carbocycles. The SMILES string of the molecule is CCN(Cc1ccccc1C(=O)O)c1ccc(C)cc1. The predicted octanol–water partition coefficient (Wildman–Crippen LogP) is 3.72. The normalized spacial score (nSPS) is 10.3. The number of carboxylic acids is 1. The van der Waals surface area contributed by atoms with Gasteiger partial charge in [0.25, 0.3) is 0 Å². The van der Waals surface area contributed by atoms with Crippen molar-refractivity contribution in [2.24, 2.45) is 0 Å². The Balaban J connectivity index is 2.27. The number of hydrogen-bond donors (Lipinski definition) is 1. The maximum atomic E-state index is 11.3. The molecule has 0 fully saturated rings. The van der Waals surface area contributed by atoms with Gasteiger partial charge in [-0.2, -0.15) is 0 Å². The Morgan fingerprint density at radius 2 is 1.75 bits per heavy atom. The van der Waals surface area contributed by atoms with E-state index < -0.39 is 5.97 Å². The number of aromatic carboxylic acids is 1. The van der Waals surface area contributed by atoms with Crippen LogP contribution in [-0.2, 0) is 6.54 Å². The van der Waals surface area contributed by atoms with Crippen LogP contribution in [0.5, 0.6) is 0 Å². The number of carboxylic acid groups (broad SMARTS) is 1. The number of aryl methyl sites for hydroxylation is 1. The molecule has 0 saturated carbocycles. The zero-order valence-corrected chi connectivity index (χ0v) is 11.8. The van der Waals surface area contributed by atoms with Crippen LogP contribution in [0, 0.1) is 6.92 Å². The Morgan fingerprint density at radius 1 is 1.10 bits per heavy atom. The first kappa shape index (κ1) is 14.1. The van der Waals surface area contributed by atoms with Crippen molar-refractivity contribution in [3.63, 3.8) is 0 Å². The van der Waals surface area contributed by atoms with Crippen molar-refractivity contribution in [3.8, 4) is 0 Å². The lowest BCUT2D eigenvalue weighted by molar-refractivity contribution is 0.0695. The smallest absolute Gasteiger partial charge is 0.336 e. The van der Waals surface area contributed by atoms with Gasteiger partial charge in [0.15, 0.2) is 0 Å². The van der Waals surface area contributed by atoms with Crippen molar-refractivity contribution in [1.29, 1.82) is 0 Å². The molecule has 0 unspecified atom stereocenters. The van der Waals surface area contributed by atoms with E-state index >= 15 is 0 Å². The number of nitrogens with zero attached hydrogens (tertiary/aromatic N) is 1. The van der Waals surface area contributed by atoms with Crippen molar-refractivity contribution in [1.82, 2.24) is 0 Å². The highest BCUT2D eigenvalue weighted by Crippen LogP contribution is 2.19. The molecular weight excluding hydrogens is 250 g/mol. The van der Waals surface area contributed by atoms with Gasteiger partial charge in [-0.1, -0.05) is 35.9 Å². The maximum absolute atomic E-state index is 11.3. The quantitative estimate of drug-likeness (QED) is 0.899. The average Bonchev–Trinajstić information content (AvgIpc) is 2.46. The van der Waals surface area contributed by atoms with Crippen LogP contribution in [0.2, 0.25) is 0 Å². The third kappa shape index (κ3) is 3.18. The van der Waals surface area contributed by atoms with E-state index in [-0.39, 0.29) is 0 Å². The lowest BCUT2D eigenvalue weighted by Crippen LogP contribution is -2.23. The van der Waals surface area contributed by atoms with Crippen LogP contribution < -0.4 is 4.90 Å². The second-order valence-corrected chi connectivity index (χ2v) is 4.81. The molecule has 2 aromatic carbocycles. The fraction of sp³-hybridized carbons (Fsp3) is 0.235. The zero-order chi connectivity index (χ0) is 14.5. The van der Waals surface area contributed by atoms with Crippen molar-refractivity contribution in [2.75, 3.05) is 11.4 Å². The first-order chi connectivity index (χ1) is 9.61. The van der Waals surface area contributed by atoms with Crippen molar-refractivity contribution in [3.05, 3.63) is 65.2 Å². The van der Waals surface area contributed by atoms with Crippen LogP contribution in [0.4, 0.5) is 5.69 Å². The molecule has 2 aromatic rings. The predicted molar refractivity (Wildman–Crippen MR) is 81.3 cm³/mol. The lowest BCUT2D eigenvalue weighted by atomic mass is 10.1. The average molecular weight is 269 g/mol. The van der Waals surface area contributed by atoms with E-state index in [1.165, 1.54) is 5.56 Å². The second-order valence-electron chi connectivity index (χ2n) is 4.81. The molecule has 0 radical (unpaired) electrons. The number of rotatable bonds is 5. The van der Waals surface area contributed by atoms with Gasteiger partial charge in [0.05, 0.1) is 5.56 Å². The summed E-state index contributed by atoms with van der Waals surface area (Å²) in [6, 6.07) is 15.5. The van der Waals surface area contributed by atoms with Crippen LogP contribution in [0.25, 0.3) is 0 Å². The van der Waals surface area contributed by atoms with Crippen LogP contribution >= 0.6 is 0 Å². The fourth-order valence-corrected chi connectivity index (χ4v) is 2.21. The first-order valence-electron chi connectivity index (χ1n) is 6.74. The molecule has 0 atom stereocenters. The van der Waals surface area contributed by atoms with Gasteiger partial charge in [-0.15, -0.1) is 0 Å². The van der Waals surface area contributed by atoms with Crippen LogP contribution in [0.3, 0.4) is 0 Å². The molecular formula is C17H19NO2. The molecule has 0 aliphatic rings. The molecule has 0 aliphatic heterocycles. The van der Waals surface area contributed by atoms with Gasteiger partial charge in [0, 0.05) is 18.8 Å². The van der Waals surface area contributed by atoms with E-state index in [2.05, 4.69) is 43.0 Å². The zero-order valence-electron chi connectivity index (χ0n) is 11.8. The van der Waals surface area contributed by atoms with E-state index in [9.17, 15) is 9.90 Å². The molecule has 0 saturated heterocycles. The third-order valence-corrected chi connectivity index (χ3v) is 3.39. The highest BCUT2D eigenvalue weighted by atomic mass is 16.4. The number of anilines is 1. The molecule has 3 nitrogen and oxygen atoms in total. The molecule has 0 heterocycles. The summed E-state index contributed by atoms with van der Waals surface area (Å²) in [5, 5.41) is 9.24. The summed E-state index contributed by atoms with van der Waals surface area (Å²) in [4.78, 5) is 13.4. The van der Waals surface area contributed by atoms with Gasteiger partial charge in [-0.05, 0) is 37.6 Å². The van der Waals surface area contributed by atoms with Crippen LogP contribution in [-0.4, -0.2) is 17.6 Å². The lowest BCUT2D eigenvalue weighted by Gasteiger charge is -2.24. The van der Waals surface area contributed by atoms with Crippen molar-refractivity contribution < 1.29 is 9.90 Å². The standard InChI is InChI=1S/C17H19NO2/c1-3-18(15-10-8-13(2)9-11-15)12-14-6-4-5-7-16(14)17(19)20/h4-11H,3,12H2,1-2H3,(H,19,20). The summed E-state index contributed by atoms with van der Waals surface area (Å²) < 4.78 is 0. The molecule has 1 N–H and O–H groups in total. The van der Waals surface area contributed by atoms with Gasteiger partial charge in [0.1, 0.15) is 0 Å². The number of hydrogen-bond acceptors (Lipinski definition) is 2. The number of benzene rings is 2. The van der Waals surface area contributed by atoms with Gasteiger partial charge >= 0.3 is 5.97 Å². The third-order valence-electron chi connectivity index (χ3n) is 3.39. The van der Waals surface area contributed by atoms with Gasteiger partial charge in [-0.3, -0.25) is 0 Å². The Hall–Kier alpha value is -2.29. The van der Waals surface area contributed by atoms with Crippen LogP contribution in [0.1, 0.15) is 28.4 Å². The summed E-state index contributed by atoms with van der Waals surface area (Å²) in [7, 11) is 0. The van der Waals surface area contributed by atoms with E-state index in [1.807, 2.05) is 12.1 Å². The summed E-state index contributed by atoms with van der Waals surface area (Å²) in [6.07, 6.45) is 0. The molecule has 20 heavy (non-hydrogen) atoms. The van der Waals surface area contributed by atoms with E-state index in [0.717, 1.165) is 17.8 Å². The van der Waals surface area contributed by atoms with E-state index in [4.69, 9.17) is 0 Å². The summed E-state index contributed by atoms with van der Waals surface area (Å²) in [6.45, 7) is 5.56. The van der Waals surface area contributed by atoms with Gasteiger partial charge in [-0.25, -0.2) is 4.79 Å². The van der Waals surface area contributed by atoms with E-state index in [1.54, 1.807) is 12.1 Å². The largest absolute Gasteiger partial charge is 0.478 e. The highest BCUT2D eigenvalue weighted by molar-refractivity contribution is 5.89. The molecule has 0 spiro atoms. The Labute approximate surface area is 119 Å². The molecule has 0 aromatic heterocycles. The minimum absolute atomic E-state index is 0.373. The van der Waals surface area contributed by atoms with Gasteiger partial charge < -0.3 is 10.0 Å². The molecule has 104 valence electrons. The number of carbonyl (C=O) groups is 1. The topological polar surface area (TPSA) is 40.5 Å². The fourth-order valence-electron chi connectivity index (χ4n) is 2.21. The van der Waals surface area contributed by atoms with E-state index in [0.29, 0.717) is 12.1 Å². The Morgan fingerprint density at radius 3 is 2.35 bits per heavy atom. The molecule has 0 bridgehead atoms. The van der Waals surface area contributed by atoms with Crippen molar-refractivity contribution in [2.45, 2.75) is 20.4 Å². The van der Waals surface area contributed by atoms with Gasteiger partial charge in [0.2, 0.25) is 0 Å². The molecule has 0 amide bonds. The Kier molecular flexibility index (Phi) is 4.41. The van der Waals surface area contributed by atoms with Crippen molar-refractivity contribution >= 4 is 11.7 Å². The van der Waals surface area contributed by atoms with Crippen LogP contribution in [0.15, 0.2) is 48.5 Å². The Bertz CT molecular complexity index is 590. The second kappa shape index (κ2) is 6.24. The summed E-state index contributed by atoms with van der Waals surface area (Å²) >= 11 is 0. The summed E-state index contributed by atoms with van der Waals surface area (Å²) in [5.74, 6) is -0.874. The minimum atomic E-state index is -0.874. The molecule has 3 heteroatoms. The minimum Gasteiger partial charge on any atom is -0.478 e. The summed E-state index contributed by atoms with van der Waals surface area (Å²) in [5.41, 5.74) is 3.54.